The van der Waals surface area contributed by atoms with E-state index in [1.54, 1.807) is 12.5 Å². The fourth-order valence-electron chi connectivity index (χ4n) is 1.58. The van der Waals surface area contributed by atoms with Crippen LogP contribution >= 0.6 is 0 Å². The Labute approximate surface area is 101 Å². The van der Waals surface area contributed by atoms with Crippen molar-refractivity contribution >= 4 is 5.82 Å². The van der Waals surface area contributed by atoms with E-state index in [4.69, 9.17) is 0 Å². The third-order valence-electron chi connectivity index (χ3n) is 2.60. The third-order valence-corrected chi connectivity index (χ3v) is 2.60. The largest absolute Gasteiger partial charge is 0.352 e. The monoisotopic (exact) mass is 231 g/mol. The molecule has 0 aliphatic carbocycles. The van der Waals surface area contributed by atoms with Crippen molar-refractivity contribution in [3.8, 4) is 0 Å². The molecule has 0 unspecified atom stereocenters. The summed E-state index contributed by atoms with van der Waals surface area (Å²) in [7, 11) is 2.00. The lowest BCUT2D eigenvalue weighted by molar-refractivity contribution is 0.794. The Kier molecular flexibility index (Phi) is 3.37. The number of rotatable bonds is 4. The first-order valence-electron chi connectivity index (χ1n) is 5.68. The zero-order valence-electron chi connectivity index (χ0n) is 10.4. The quantitative estimate of drug-likeness (QED) is 0.874. The third kappa shape index (κ3) is 2.81. The van der Waals surface area contributed by atoms with Gasteiger partial charge in [-0.3, -0.25) is 0 Å². The summed E-state index contributed by atoms with van der Waals surface area (Å²) in [6.45, 7) is 4.96. The summed E-state index contributed by atoms with van der Waals surface area (Å²) in [5.41, 5.74) is 1.06. The number of nitrogens with zero attached hydrogens (tertiary/aromatic N) is 4. The Morgan fingerprint density at radius 1 is 1.29 bits per heavy atom. The van der Waals surface area contributed by atoms with Gasteiger partial charge in [-0.1, -0.05) is 13.8 Å². The van der Waals surface area contributed by atoms with Crippen LogP contribution in [0, 0.1) is 0 Å². The predicted molar refractivity (Wildman–Crippen MR) is 66.8 cm³/mol. The maximum Gasteiger partial charge on any atom is 0.132 e. The highest BCUT2D eigenvalue weighted by molar-refractivity contribution is 5.38. The number of hydrogen-bond donors (Lipinski definition) is 1. The lowest BCUT2D eigenvalue weighted by Gasteiger charge is -2.17. The van der Waals surface area contributed by atoms with Gasteiger partial charge in [0.25, 0.3) is 0 Å². The maximum absolute atomic E-state index is 4.28. The van der Waals surface area contributed by atoms with Crippen LogP contribution in [0.1, 0.15) is 31.3 Å². The van der Waals surface area contributed by atoms with Crippen LogP contribution < -0.4 is 4.90 Å². The van der Waals surface area contributed by atoms with Gasteiger partial charge in [-0.05, 0) is 5.92 Å². The molecule has 0 amide bonds. The van der Waals surface area contributed by atoms with Gasteiger partial charge in [0.2, 0.25) is 0 Å². The van der Waals surface area contributed by atoms with Gasteiger partial charge in [0.15, 0.2) is 0 Å². The molecule has 0 saturated heterocycles. The van der Waals surface area contributed by atoms with Gasteiger partial charge in [0.05, 0.1) is 6.54 Å². The van der Waals surface area contributed by atoms with Gasteiger partial charge in [0, 0.05) is 31.2 Å². The highest BCUT2D eigenvalue weighted by atomic mass is 15.2. The second kappa shape index (κ2) is 4.95. The molecular weight excluding hydrogens is 214 g/mol. The van der Waals surface area contributed by atoms with E-state index in [0.29, 0.717) is 12.5 Å². The normalized spacial score (nSPS) is 10.8. The van der Waals surface area contributed by atoms with Crippen molar-refractivity contribution in [3.63, 3.8) is 0 Å². The van der Waals surface area contributed by atoms with Crippen LogP contribution in [0.3, 0.4) is 0 Å². The summed E-state index contributed by atoms with van der Waals surface area (Å²) in [6, 6.07) is 2.02. The van der Waals surface area contributed by atoms with E-state index in [1.807, 2.05) is 24.2 Å². The summed E-state index contributed by atoms with van der Waals surface area (Å²) < 4.78 is 0. The molecule has 5 nitrogen and oxygen atoms in total. The molecule has 17 heavy (non-hydrogen) atoms. The predicted octanol–water partition coefficient (Wildman–Crippen LogP) is 1.96. The lowest BCUT2D eigenvalue weighted by Crippen LogP contribution is -2.19. The van der Waals surface area contributed by atoms with E-state index < -0.39 is 0 Å². The summed E-state index contributed by atoms with van der Waals surface area (Å²) in [5.74, 6) is 2.26. The average molecular weight is 231 g/mol. The maximum atomic E-state index is 4.28. The number of hydrogen-bond acceptors (Lipinski definition) is 4. The molecule has 0 spiro atoms. The molecule has 2 rings (SSSR count). The zero-order chi connectivity index (χ0) is 12.3. The Bertz CT molecular complexity index is 464. The Morgan fingerprint density at radius 2 is 2.12 bits per heavy atom. The first-order valence-corrected chi connectivity index (χ1v) is 5.68. The molecule has 0 atom stereocenters. The molecule has 0 bridgehead atoms. The molecule has 2 heterocycles. The van der Waals surface area contributed by atoms with Gasteiger partial charge < -0.3 is 9.88 Å². The molecule has 5 heteroatoms. The van der Waals surface area contributed by atoms with Crippen molar-refractivity contribution in [2.24, 2.45) is 0 Å². The smallest absolute Gasteiger partial charge is 0.132 e. The van der Waals surface area contributed by atoms with Gasteiger partial charge in [-0.25, -0.2) is 15.0 Å². The second-order valence-electron chi connectivity index (χ2n) is 4.35. The molecule has 0 aliphatic rings. The number of H-pyrrole nitrogens is 1. The van der Waals surface area contributed by atoms with E-state index >= 15 is 0 Å². The molecule has 2 aromatic rings. The summed E-state index contributed by atoms with van der Waals surface area (Å²) in [5, 5.41) is 0. The van der Waals surface area contributed by atoms with Crippen LogP contribution in [0.15, 0.2) is 24.8 Å². The number of aromatic nitrogens is 4. The van der Waals surface area contributed by atoms with Gasteiger partial charge in [-0.15, -0.1) is 0 Å². The van der Waals surface area contributed by atoms with Gasteiger partial charge in [-0.2, -0.15) is 0 Å². The van der Waals surface area contributed by atoms with E-state index in [9.17, 15) is 0 Å². The average Bonchev–Trinajstić information content (AvgIpc) is 2.82. The number of aromatic amines is 1. The van der Waals surface area contributed by atoms with Crippen molar-refractivity contribution in [2.45, 2.75) is 26.3 Å². The highest BCUT2D eigenvalue weighted by Gasteiger charge is 2.08. The zero-order valence-corrected chi connectivity index (χ0v) is 10.4. The van der Waals surface area contributed by atoms with E-state index in [0.717, 1.165) is 17.3 Å². The number of anilines is 1. The number of imidazole rings is 1. The van der Waals surface area contributed by atoms with Crippen LogP contribution in [0.5, 0.6) is 0 Å². The van der Waals surface area contributed by atoms with Crippen molar-refractivity contribution in [1.82, 2.24) is 19.9 Å². The van der Waals surface area contributed by atoms with E-state index in [1.165, 1.54) is 0 Å². The Morgan fingerprint density at radius 3 is 2.76 bits per heavy atom. The highest BCUT2D eigenvalue weighted by Crippen LogP contribution is 2.16. The summed E-state index contributed by atoms with van der Waals surface area (Å²) in [4.78, 5) is 17.9. The summed E-state index contributed by atoms with van der Waals surface area (Å²) >= 11 is 0. The fraction of sp³-hybridized carbons (Fsp3) is 0.417. The van der Waals surface area contributed by atoms with Crippen LogP contribution in [-0.4, -0.2) is 27.0 Å². The fourth-order valence-corrected chi connectivity index (χ4v) is 1.58. The lowest BCUT2D eigenvalue weighted by atomic mass is 10.1. The van der Waals surface area contributed by atoms with Crippen LogP contribution in [-0.2, 0) is 6.54 Å². The Hall–Kier alpha value is -1.91. The van der Waals surface area contributed by atoms with E-state index in [-0.39, 0.29) is 0 Å². The molecular formula is C12H17N5. The van der Waals surface area contributed by atoms with Crippen molar-refractivity contribution in [1.29, 1.82) is 0 Å². The van der Waals surface area contributed by atoms with Crippen LogP contribution in [0.4, 0.5) is 5.82 Å². The minimum atomic E-state index is 0.411. The first-order chi connectivity index (χ1) is 8.16. The van der Waals surface area contributed by atoms with Crippen LogP contribution in [0.2, 0.25) is 0 Å². The topological polar surface area (TPSA) is 57.7 Å². The molecule has 0 fully saturated rings. The van der Waals surface area contributed by atoms with Gasteiger partial charge >= 0.3 is 0 Å². The van der Waals surface area contributed by atoms with Crippen LogP contribution in [0.25, 0.3) is 0 Å². The van der Waals surface area contributed by atoms with E-state index in [2.05, 4.69) is 33.8 Å². The molecule has 0 saturated carbocycles. The molecule has 0 radical (unpaired) electrons. The minimum Gasteiger partial charge on any atom is -0.352 e. The molecule has 0 aromatic carbocycles. The number of nitrogens with one attached hydrogen (secondary N) is 1. The SMILES string of the molecule is CC(C)c1cc(N(C)Cc2ncc[nH]2)ncn1. The van der Waals surface area contributed by atoms with Crippen molar-refractivity contribution < 1.29 is 0 Å². The summed E-state index contributed by atoms with van der Waals surface area (Å²) in [6.07, 6.45) is 5.19. The molecule has 0 aliphatic heterocycles. The van der Waals surface area contributed by atoms with Crippen molar-refractivity contribution in [3.05, 3.63) is 36.3 Å². The standard InChI is InChI=1S/C12H17N5/c1-9(2)10-6-12(16-8-15-10)17(3)7-11-13-4-5-14-11/h4-6,8-9H,7H2,1-3H3,(H,13,14). The van der Waals surface area contributed by atoms with Crippen molar-refractivity contribution in [2.75, 3.05) is 11.9 Å². The minimum absolute atomic E-state index is 0.411. The molecule has 1 N–H and O–H groups in total. The van der Waals surface area contributed by atoms with Gasteiger partial charge in [0.1, 0.15) is 18.0 Å². The molecule has 2 aromatic heterocycles. The first kappa shape index (κ1) is 11.6. The second-order valence-corrected chi connectivity index (χ2v) is 4.35. The Balaban J connectivity index is 2.13. The molecule has 90 valence electrons.